The Hall–Kier alpha value is -1.65. The van der Waals surface area contributed by atoms with Crippen LogP contribution in [0.25, 0.3) is 0 Å². The highest BCUT2D eigenvalue weighted by Crippen LogP contribution is 2.30. The Morgan fingerprint density at radius 2 is 1.86 bits per heavy atom. The van der Waals surface area contributed by atoms with E-state index in [2.05, 4.69) is 0 Å². The van der Waals surface area contributed by atoms with Gasteiger partial charge in [-0.05, 0) is 5.41 Å². The number of amides is 4. The van der Waals surface area contributed by atoms with Crippen molar-refractivity contribution in [3.8, 4) is 0 Å². The van der Waals surface area contributed by atoms with Crippen LogP contribution in [0.2, 0.25) is 0 Å². The average Bonchev–Trinajstić information content (AvgIpc) is 2.24. The molecular weight excluding hydrogens is 184 g/mol. The van der Waals surface area contributed by atoms with Crippen molar-refractivity contribution < 1.29 is 14.4 Å². The average molecular weight is 196 g/mol. The lowest BCUT2D eigenvalue weighted by Crippen LogP contribution is -2.41. The third-order valence-electron chi connectivity index (χ3n) is 1.95. The van der Waals surface area contributed by atoms with Crippen LogP contribution in [0.3, 0.4) is 0 Å². The van der Waals surface area contributed by atoms with Gasteiger partial charge in [0.15, 0.2) is 0 Å². The highest BCUT2D eigenvalue weighted by molar-refractivity contribution is 6.24. The summed E-state index contributed by atoms with van der Waals surface area (Å²) in [6, 6.07) is -1.03. The number of carbonyl (C=O) groups excluding carboxylic acids is 3. The molecule has 1 rings (SSSR count). The maximum atomic E-state index is 11.5. The summed E-state index contributed by atoms with van der Waals surface area (Å²) in [4.78, 5) is 34.0. The van der Waals surface area contributed by atoms with Gasteiger partial charge in [0.2, 0.25) is 0 Å². The predicted octanol–water partition coefficient (Wildman–Crippen LogP) is 0.406. The second-order valence-corrected chi connectivity index (χ2v) is 4.13. The summed E-state index contributed by atoms with van der Waals surface area (Å²) in [5, 5.41) is 0. The first-order chi connectivity index (χ1) is 6.25. The summed E-state index contributed by atoms with van der Waals surface area (Å²) in [7, 11) is 0. The number of carbonyl (C=O) groups is 3. The van der Waals surface area contributed by atoms with Crippen molar-refractivity contribution in [2.75, 3.05) is 0 Å². The molecule has 5 heteroatoms. The molecular formula is C9H12N2O3. The monoisotopic (exact) mass is 196 g/mol. The van der Waals surface area contributed by atoms with E-state index in [1.165, 1.54) is 0 Å². The van der Waals surface area contributed by atoms with Gasteiger partial charge in [-0.25, -0.2) is 4.79 Å². The number of hydrogen-bond acceptors (Lipinski definition) is 3. The molecule has 2 N–H and O–H groups in total. The Balaban J connectivity index is 3.08. The van der Waals surface area contributed by atoms with E-state index in [0.717, 1.165) is 6.08 Å². The fourth-order valence-electron chi connectivity index (χ4n) is 1.22. The van der Waals surface area contributed by atoms with Gasteiger partial charge < -0.3 is 5.73 Å². The van der Waals surface area contributed by atoms with Crippen LogP contribution in [0.4, 0.5) is 4.79 Å². The molecule has 0 unspecified atom stereocenters. The molecule has 1 aliphatic heterocycles. The summed E-state index contributed by atoms with van der Waals surface area (Å²) in [6.45, 7) is 5.36. The van der Waals surface area contributed by atoms with Gasteiger partial charge in [0.1, 0.15) is 0 Å². The summed E-state index contributed by atoms with van der Waals surface area (Å²) in [5.41, 5.74) is 4.74. The third kappa shape index (κ3) is 1.53. The van der Waals surface area contributed by atoms with Gasteiger partial charge in [0.05, 0.1) is 0 Å². The summed E-state index contributed by atoms with van der Waals surface area (Å²) >= 11 is 0. The van der Waals surface area contributed by atoms with E-state index in [1.807, 2.05) is 0 Å². The molecule has 0 spiro atoms. The molecule has 0 saturated carbocycles. The van der Waals surface area contributed by atoms with E-state index in [-0.39, 0.29) is 0 Å². The minimum absolute atomic E-state index is 0.307. The molecule has 1 aliphatic rings. The quantitative estimate of drug-likeness (QED) is 0.569. The van der Waals surface area contributed by atoms with Gasteiger partial charge in [0, 0.05) is 11.6 Å². The number of urea groups is 1. The van der Waals surface area contributed by atoms with Crippen LogP contribution in [-0.4, -0.2) is 22.7 Å². The van der Waals surface area contributed by atoms with Gasteiger partial charge in [-0.2, -0.15) is 4.90 Å². The van der Waals surface area contributed by atoms with E-state index in [9.17, 15) is 14.4 Å². The van der Waals surface area contributed by atoms with Crippen molar-refractivity contribution in [2.24, 2.45) is 11.1 Å². The highest BCUT2D eigenvalue weighted by atomic mass is 16.2. The topological polar surface area (TPSA) is 80.5 Å². The largest absolute Gasteiger partial charge is 0.351 e. The molecule has 5 nitrogen and oxygen atoms in total. The molecule has 1 heterocycles. The Kier molecular flexibility index (Phi) is 2.19. The predicted molar refractivity (Wildman–Crippen MR) is 49.0 cm³/mol. The molecule has 0 aromatic rings. The number of rotatable bonds is 0. The second-order valence-electron chi connectivity index (χ2n) is 4.13. The van der Waals surface area contributed by atoms with Crippen LogP contribution in [0.5, 0.6) is 0 Å². The van der Waals surface area contributed by atoms with Crippen LogP contribution in [-0.2, 0) is 9.59 Å². The molecule has 14 heavy (non-hydrogen) atoms. The lowest BCUT2D eigenvalue weighted by Gasteiger charge is -2.19. The van der Waals surface area contributed by atoms with Crippen molar-refractivity contribution >= 4 is 17.8 Å². The third-order valence-corrected chi connectivity index (χ3v) is 1.95. The van der Waals surface area contributed by atoms with Gasteiger partial charge in [0.25, 0.3) is 11.8 Å². The summed E-state index contributed by atoms with van der Waals surface area (Å²) < 4.78 is 0. The zero-order valence-electron chi connectivity index (χ0n) is 8.33. The Bertz CT molecular complexity index is 350. The zero-order chi connectivity index (χ0) is 11.1. The molecule has 0 aromatic heterocycles. The highest BCUT2D eigenvalue weighted by Gasteiger charge is 2.39. The van der Waals surface area contributed by atoms with Crippen LogP contribution in [0.1, 0.15) is 20.8 Å². The van der Waals surface area contributed by atoms with Crippen LogP contribution < -0.4 is 5.73 Å². The first-order valence-electron chi connectivity index (χ1n) is 4.15. The van der Waals surface area contributed by atoms with Crippen molar-refractivity contribution in [2.45, 2.75) is 20.8 Å². The smallest absolute Gasteiger partial charge is 0.328 e. The maximum Gasteiger partial charge on any atom is 0.328 e. The van der Waals surface area contributed by atoms with Crippen molar-refractivity contribution in [1.29, 1.82) is 0 Å². The van der Waals surface area contributed by atoms with E-state index < -0.39 is 23.3 Å². The van der Waals surface area contributed by atoms with Crippen molar-refractivity contribution in [3.05, 3.63) is 11.6 Å². The zero-order valence-corrected chi connectivity index (χ0v) is 8.33. The molecule has 76 valence electrons. The maximum absolute atomic E-state index is 11.5. The summed E-state index contributed by atoms with van der Waals surface area (Å²) in [5.74, 6) is -1.28. The minimum Gasteiger partial charge on any atom is -0.351 e. The van der Waals surface area contributed by atoms with Crippen LogP contribution >= 0.6 is 0 Å². The first kappa shape index (κ1) is 10.4. The number of primary amides is 1. The van der Waals surface area contributed by atoms with Gasteiger partial charge in [-0.3, -0.25) is 9.59 Å². The lowest BCUT2D eigenvalue weighted by molar-refractivity contribution is -0.133. The molecule has 0 saturated heterocycles. The molecule has 0 aromatic carbocycles. The fraction of sp³-hybridized carbons (Fsp3) is 0.444. The standard InChI is InChI=1S/C9H12N2O3/c1-9(2,3)5-4-6(12)11(7(5)13)8(10)14/h4H,1-3H3,(H2,10,14). The molecule has 0 bridgehead atoms. The molecule has 4 amide bonds. The van der Waals surface area contributed by atoms with Gasteiger partial charge in [-0.15, -0.1) is 0 Å². The number of nitrogens with two attached hydrogens (primary N) is 1. The Morgan fingerprint density at radius 1 is 1.36 bits per heavy atom. The van der Waals surface area contributed by atoms with Crippen molar-refractivity contribution in [1.82, 2.24) is 4.90 Å². The Morgan fingerprint density at radius 3 is 2.07 bits per heavy atom. The van der Waals surface area contributed by atoms with Crippen molar-refractivity contribution in [3.63, 3.8) is 0 Å². The fourth-order valence-corrected chi connectivity index (χ4v) is 1.22. The molecule has 0 aliphatic carbocycles. The van der Waals surface area contributed by atoms with E-state index in [0.29, 0.717) is 10.5 Å². The number of hydrogen-bond donors (Lipinski definition) is 1. The van der Waals surface area contributed by atoms with Gasteiger partial charge >= 0.3 is 6.03 Å². The Labute approximate surface area is 81.5 Å². The summed E-state index contributed by atoms with van der Waals surface area (Å²) in [6.07, 6.45) is 1.16. The lowest BCUT2D eigenvalue weighted by atomic mass is 9.86. The van der Waals surface area contributed by atoms with Crippen LogP contribution in [0, 0.1) is 5.41 Å². The second kappa shape index (κ2) is 2.94. The van der Waals surface area contributed by atoms with Gasteiger partial charge in [-0.1, -0.05) is 20.8 Å². The van der Waals surface area contributed by atoms with E-state index in [1.54, 1.807) is 20.8 Å². The van der Waals surface area contributed by atoms with E-state index in [4.69, 9.17) is 5.73 Å². The number of nitrogens with zero attached hydrogens (tertiary/aromatic N) is 1. The van der Waals surface area contributed by atoms with Crippen LogP contribution in [0.15, 0.2) is 11.6 Å². The normalized spacial score (nSPS) is 17.4. The SMILES string of the molecule is CC(C)(C)C1=CC(=O)N(C(N)=O)C1=O. The first-order valence-corrected chi connectivity index (χ1v) is 4.15. The number of imide groups is 3. The minimum atomic E-state index is -1.03. The molecule has 0 atom stereocenters. The molecule has 0 fully saturated rings. The molecule has 0 radical (unpaired) electrons. The van der Waals surface area contributed by atoms with E-state index >= 15 is 0 Å².